The number of fused-ring (bicyclic) bond motifs is 3. The fourth-order valence-electron chi connectivity index (χ4n) is 3.72. The average molecular weight is 434 g/mol. The highest BCUT2D eigenvalue weighted by Crippen LogP contribution is 2.39. The fraction of sp³-hybridized carbons (Fsp3) is 0.136. The Bertz CT molecular complexity index is 1380. The molecule has 5 rings (SSSR count). The largest absolute Gasteiger partial charge is 0.493 e. The number of nitrogen functional groups attached to an aromatic ring is 1. The minimum Gasteiger partial charge on any atom is -0.493 e. The number of para-hydroxylation sites is 2. The lowest BCUT2D eigenvalue weighted by Gasteiger charge is -2.28. The molecule has 0 atom stereocenters. The number of carbonyl (C=O) groups is 2. The van der Waals surface area contributed by atoms with Crippen LogP contribution < -0.4 is 25.4 Å². The number of thiophene rings is 1. The lowest BCUT2D eigenvalue weighted by molar-refractivity contribution is -0.115. The Labute approximate surface area is 181 Å². The van der Waals surface area contributed by atoms with Gasteiger partial charge in [0, 0.05) is 16.8 Å². The molecule has 3 heterocycles. The Hall–Kier alpha value is -3.85. The molecule has 2 amide bonds. The molecule has 0 saturated heterocycles. The molecule has 31 heavy (non-hydrogen) atoms. The van der Waals surface area contributed by atoms with Crippen LogP contribution in [0, 0.1) is 0 Å². The highest BCUT2D eigenvalue weighted by atomic mass is 32.1. The summed E-state index contributed by atoms with van der Waals surface area (Å²) >= 11 is 1.21. The van der Waals surface area contributed by atoms with Crippen molar-refractivity contribution >= 4 is 61.3 Å². The van der Waals surface area contributed by atoms with Crippen LogP contribution in [-0.4, -0.2) is 37.6 Å². The standard InChI is InChI=1S/C22H18N4O4S/c1-29-16-8-11-7-12-19(23)20(31-21(12)25-14(11)9-17(16)30-2)22(28)26-10-18(27)24-13-5-3-4-6-15(13)26/h3-9H,10,23H2,1-2H3,(H,24,27). The van der Waals surface area contributed by atoms with E-state index in [0.29, 0.717) is 49.2 Å². The molecule has 0 fully saturated rings. The molecule has 1 aliphatic rings. The summed E-state index contributed by atoms with van der Waals surface area (Å²) in [5.74, 6) is 0.563. The number of pyridine rings is 1. The van der Waals surface area contributed by atoms with Gasteiger partial charge in [-0.05, 0) is 24.3 Å². The highest BCUT2D eigenvalue weighted by Gasteiger charge is 2.30. The van der Waals surface area contributed by atoms with Gasteiger partial charge in [-0.15, -0.1) is 11.3 Å². The van der Waals surface area contributed by atoms with E-state index in [1.54, 1.807) is 38.5 Å². The van der Waals surface area contributed by atoms with Gasteiger partial charge in [0.1, 0.15) is 16.3 Å². The van der Waals surface area contributed by atoms with Gasteiger partial charge in [0.25, 0.3) is 5.91 Å². The summed E-state index contributed by atoms with van der Waals surface area (Å²) in [5, 5.41) is 4.28. The second kappa shape index (κ2) is 7.13. The molecule has 0 aliphatic carbocycles. The first-order chi connectivity index (χ1) is 15.0. The minimum atomic E-state index is -0.331. The molecule has 9 heteroatoms. The number of methoxy groups -OCH3 is 2. The topological polar surface area (TPSA) is 107 Å². The molecular weight excluding hydrogens is 416 g/mol. The van der Waals surface area contributed by atoms with Crippen molar-refractivity contribution in [3.05, 3.63) is 47.3 Å². The van der Waals surface area contributed by atoms with Gasteiger partial charge in [-0.25, -0.2) is 4.98 Å². The Morgan fingerprint density at radius 1 is 1.16 bits per heavy atom. The van der Waals surface area contributed by atoms with Gasteiger partial charge in [-0.1, -0.05) is 12.1 Å². The number of nitrogens with two attached hydrogens (primary N) is 1. The van der Waals surface area contributed by atoms with Crippen molar-refractivity contribution in [3.63, 3.8) is 0 Å². The molecule has 3 N–H and O–H groups in total. The lowest BCUT2D eigenvalue weighted by atomic mass is 10.1. The van der Waals surface area contributed by atoms with Crippen LogP contribution in [-0.2, 0) is 4.79 Å². The summed E-state index contributed by atoms with van der Waals surface area (Å²) in [5.41, 5.74) is 8.66. The third kappa shape index (κ3) is 3.01. The quantitative estimate of drug-likeness (QED) is 0.510. The van der Waals surface area contributed by atoms with Gasteiger partial charge >= 0.3 is 0 Å². The number of benzene rings is 2. The number of ether oxygens (including phenoxy) is 2. The van der Waals surface area contributed by atoms with Crippen molar-refractivity contribution in [2.75, 3.05) is 36.7 Å². The summed E-state index contributed by atoms with van der Waals surface area (Å²) in [4.78, 5) is 32.7. The van der Waals surface area contributed by atoms with E-state index in [1.807, 2.05) is 18.2 Å². The lowest BCUT2D eigenvalue weighted by Crippen LogP contribution is -2.42. The number of hydrogen-bond donors (Lipinski definition) is 2. The SMILES string of the molecule is COc1cc2cc3c(N)c(C(=O)N4CC(=O)Nc5ccccc54)sc3nc2cc1OC. The van der Waals surface area contributed by atoms with Gasteiger partial charge in [0.15, 0.2) is 11.5 Å². The van der Waals surface area contributed by atoms with Gasteiger partial charge in [-0.3, -0.25) is 14.5 Å². The van der Waals surface area contributed by atoms with Crippen molar-refractivity contribution < 1.29 is 19.1 Å². The van der Waals surface area contributed by atoms with Gasteiger partial charge in [-0.2, -0.15) is 0 Å². The molecule has 2 aromatic carbocycles. The molecule has 0 bridgehead atoms. The molecule has 8 nitrogen and oxygen atoms in total. The van der Waals surface area contributed by atoms with E-state index >= 15 is 0 Å². The van der Waals surface area contributed by atoms with Crippen molar-refractivity contribution in [2.24, 2.45) is 0 Å². The van der Waals surface area contributed by atoms with Crippen molar-refractivity contribution in [3.8, 4) is 11.5 Å². The van der Waals surface area contributed by atoms with Crippen molar-refractivity contribution in [2.45, 2.75) is 0 Å². The Morgan fingerprint density at radius 3 is 2.68 bits per heavy atom. The van der Waals surface area contributed by atoms with Gasteiger partial charge < -0.3 is 20.5 Å². The predicted octanol–water partition coefficient (Wildman–Crippen LogP) is 3.65. The first-order valence-electron chi connectivity index (χ1n) is 9.45. The first kappa shape index (κ1) is 19.1. The maximum absolute atomic E-state index is 13.4. The van der Waals surface area contributed by atoms with E-state index < -0.39 is 0 Å². The molecule has 1 aliphatic heterocycles. The van der Waals surface area contributed by atoms with E-state index in [-0.39, 0.29) is 18.4 Å². The molecule has 4 aromatic rings. The third-order valence-electron chi connectivity index (χ3n) is 5.23. The van der Waals surface area contributed by atoms with Crippen LogP contribution in [0.15, 0.2) is 42.5 Å². The molecular formula is C22H18N4O4S. The van der Waals surface area contributed by atoms with Crippen molar-refractivity contribution in [1.82, 2.24) is 4.98 Å². The number of carbonyl (C=O) groups excluding carboxylic acids is 2. The molecule has 0 radical (unpaired) electrons. The number of nitrogens with one attached hydrogen (secondary N) is 1. The van der Waals surface area contributed by atoms with Crippen LogP contribution in [0.5, 0.6) is 11.5 Å². The second-order valence-corrected chi connectivity index (χ2v) is 8.04. The molecule has 156 valence electrons. The normalized spacial score (nSPS) is 13.2. The van der Waals surface area contributed by atoms with Crippen LogP contribution in [0.2, 0.25) is 0 Å². The zero-order valence-electron chi connectivity index (χ0n) is 16.8. The van der Waals surface area contributed by atoms with E-state index in [0.717, 1.165) is 5.39 Å². The Morgan fingerprint density at radius 2 is 1.90 bits per heavy atom. The third-order valence-corrected chi connectivity index (χ3v) is 6.33. The summed E-state index contributed by atoms with van der Waals surface area (Å²) in [6.07, 6.45) is 0. The summed E-state index contributed by atoms with van der Waals surface area (Å²) in [6.45, 7) is -0.0761. The molecule has 0 saturated carbocycles. The maximum Gasteiger partial charge on any atom is 0.271 e. The zero-order chi connectivity index (χ0) is 21.7. The number of anilines is 3. The van der Waals surface area contributed by atoms with Crippen LogP contribution in [0.25, 0.3) is 21.1 Å². The van der Waals surface area contributed by atoms with Crippen molar-refractivity contribution in [1.29, 1.82) is 0 Å². The van der Waals surface area contributed by atoms with Crippen LogP contribution in [0.3, 0.4) is 0 Å². The van der Waals surface area contributed by atoms with E-state index in [1.165, 1.54) is 16.2 Å². The summed E-state index contributed by atoms with van der Waals surface area (Å²) < 4.78 is 10.7. The molecule has 0 unspecified atom stereocenters. The predicted molar refractivity (Wildman–Crippen MR) is 121 cm³/mol. The summed E-state index contributed by atoms with van der Waals surface area (Å²) in [6, 6.07) is 12.7. The zero-order valence-corrected chi connectivity index (χ0v) is 17.6. The van der Waals surface area contributed by atoms with E-state index in [2.05, 4.69) is 10.3 Å². The van der Waals surface area contributed by atoms with E-state index in [9.17, 15) is 9.59 Å². The van der Waals surface area contributed by atoms with Crippen LogP contribution in [0.4, 0.5) is 17.1 Å². The molecule has 2 aromatic heterocycles. The monoisotopic (exact) mass is 434 g/mol. The number of nitrogens with zero attached hydrogens (tertiary/aromatic N) is 2. The number of hydrogen-bond acceptors (Lipinski definition) is 7. The fourth-order valence-corrected chi connectivity index (χ4v) is 4.76. The highest BCUT2D eigenvalue weighted by molar-refractivity contribution is 7.21. The van der Waals surface area contributed by atoms with Gasteiger partial charge in [0.05, 0.1) is 36.8 Å². The number of rotatable bonds is 3. The van der Waals surface area contributed by atoms with E-state index in [4.69, 9.17) is 15.2 Å². The molecule has 0 spiro atoms. The summed E-state index contributed by atoms with van der Waals surface area (Å²) in [7, 11) is 3.13. The number of aromatic nitrogens is 1. The minimum absolute atomic E-state index is 0.0761. The average Bonchev–Trinajstić information content (AvgIpc) is 3.10. The Balaban J connectivity index is 1.64. The van der Waals surface area contributed by atoms with Gasteiger partial charge in [0.2, 0.25) is 5.91 Å². The Kier molecular flexibility index (Phi) is 4.40. The second-order valence-electron chi connectivity index (χ2n) is 7.04. The van der Waals surface area contributed by atoms with Crippen LogP contribution >= 0.6 is 11.3 Å². The smallest absolute Gasteiger partial charge is 0.271 e. The van der Waals surface area contributed by atoms with Crippen LogP contribution in [0.1, 0.15) is 9.67 Å². The maximum atomic E-state index is 13.4. The first-order valence-corrected chi connectivity index (χ1v) is 10.3. The number of amides is 2.